The minimum absolute atomic E-state index is 0.0255. The molecule has 0 aliphatic rings. The van der Waals surface area contributed by atoms with Crippen LogP contribution in [0.25, 0.3) is 0 Å². The van der Waals surface area contributed by atoms with Gasteiger partial charge in [0.05, 0.1) is 7.11 Å². The van der Waals surface area contributed by atoms with Crippen molar-refractivity contribution in [2.75, 3.05) is 24.3 Å². The second kappa shape index (κ2) is 8.66. The van der Waals surface area contributed by atoms with Crippen molar-refractivity contribution in [1.82, 2.24) is 15.0 Å². The van der Waals surface area contributed by atoms with Crippen molar-refractivity contribution in [2.24, 2.45) is 0 Å². The number of aromatic carboxylic acids is 1. The van der Waals surface area contributed by atoms with E-state index in [1.807, 2.05) is 6.07 Å². The fourth-order valence-corrected chi connectivity index (χ4v) is 1.96. The highest BCUT2D eigenvalue weighted by Gasteiger charge is 2.13. The van der Waals surface area contributed by atoms with Crippen LogP contribution in [0.5, 0.6) is 5.88 Å². The van der Waals surface area contributed by atoms with E-state index in [0.717, 1.165) is 24.9 Å². The second-order valence-corrected chi connectivity index (χ2v) is 5.10. The number of carboxylic acid groups (broad SMARTS) is 1. The highest BCUT2D eigenvalue weighted by molar-refractivity contribution is 5.92. The smallest absolute Gasteiger partial charge is 0.341 e. The zero-order valence-electron chi connectivity index (χ0n) is 13.7. The lowest BCUT2D eigenvalue weighted by Gasteiger charge is -2.11. The van der Waals surface area contributed by atoms with Crippen LogP contribution < -0.4 is 15.4 Å². The van der Waals surface area contributed by atoms with Crippen LogP contribution in [0.1, 0.15) is 35.7 Å². The fraction of sp³-hybridized carbons (Fsp3) is 0.375. The maximum absolute atomic E-state index is 11.3. The van der Waals surface area contributed by atoms with Crippen molar-refractivity contribution < 1.29 is 14.6 Å². The van der Waals surface area contributed by atoms with Crippen LogP contribution in [0.4, 0.5) is 11.8 Å². The summed E-state index contributed by atoms with van der Waals surface area (Å²) in [4.78, 5) is 23.7. The van der Waals surface area contributed by atoms with Crippen molar-refractivity contribution in [3.8, 4) is 5.88 Å². The van der Waals surface area contributed by atoms with Gasteiger partial charge in [0.1, 0.15) is 11.4 Å². The van der Waals surface area contributed by atoms with Crippen LogP contribution >= 0.6 is 0 Å². The number of anilines is 2. The van der Waals surface area contributed by atoms with Gasteiger partial charge in [-0.05, 0) is 12.0 Å². The number of pyridine rings is 1. The summed E-state index contributed by atoms with van der Waals surface area (Å²) >= 11 is 0. The molecule has 0 aliphatic heterocycles. The average molecular weight is 331 g/mol. The minimum atomic E-state index is -1.08. The van der Waals surface area contributed by atoms with Gasteiger partial charge in [0.2, 0.25) is 11.8 Å². The third-order valence-corrected chi connectivity index (χ3v) is 3.30. The summed E-state index contributed by atoms with van der Waals surface area (Å²) in [6.07, 6.45) is 5.01. The van der Waals surface area contributed by atoms with Crippen LogP contribution in [0.3, 0.4) is 0 Å². The quantitative estimate of drug-likeness (QED) is 0.601. The van der Waals surface area contributed by atoms with Gasteiger partial charge in [-0.15, -0.1) is 0 Å². The molecule has 0 spiro atoms. The zero-order valence-corrected chi connectivity index (χ0v) is 13.7. The largest absolute Gasteiger partial charge is 0.481 e. The summed E-state index contributed by atoms with van der Waals surface area (Å²) in [6, 6.07) is 3.59. The van der Waals surface area contributed by atoms with E-state index in [2.05, 4.69) is 32.5 Å². The number of nitrogens with one attached hydrogen (secondary N) is 2. The van der Waals surface area contributed by atoms with E-state index in [0.29, 0.717) is 18.4 Å². The molecular weight excluding hydrogens is 310 g/mol. The number of hydrogen-bond acceptors (Lipinski definition) is 7. The maximum atomic E-state index is 11.3. The monoisotopic (exact) mass is 331 g/mol. The Kier molecular flexibility index (Phi) is 6.30. The van der Waals surface area contributed by atoms with Gasteiger partial charge < -0.3 is 20.5 Å². The average Bonchev–Trinajstić information content (AvgIpc) is 2.60. The van der Waals surface area contributed by atoms with Gasteiger partial charge in [0.25, 0.3) is 0 Å². The first-order valence-corrected chi connectivity index (χ1v) is 7.71. The molecule has 2 aromatic rings. The van der Waals surface area contributed by atoms with E-state index in [1.54, 1.807) is 19.4 Å². The molecule has 0 radical (unpaired) electrons. The lowest BCUT2D eigenvalue weighted by molar-refractivity contribution is 0.0697. The normalized spacial score (nSPS) is 10.2. The zero-order chi connectivity index (χ0) is 17.4. The molecule has 0 unspecified atom stereocenters. The van der Waals surface area contributed by atoms with Crippen molar-refractivity contribution in [3.63, 3.8) is 0 Å². The SMILES string of the molecule is CCCCNc1ncc(C(=O)O)c(NCc2ccc(OC)nc2)n1. The number of nitrogens with zero attached hydrogens (tertiary/aromatic N) is 3. The fourth-order valence-electron chi connectivity index (χ4n) is 1.96. The lowest BCUT2D eigenvalue weighted by atomic mass is 10.2. The molecule has 0 fully saturated rings. The third kappa shape index (κ3) is 4.80. The Morgan fingerprint density at radius 2 is 2.08 bits per heavy atom. The standard InChI is InChI=1S/C16H21N5O3/c1-3-4-7-17-16-20-10-12(15(22)23)14(21-16)19-9-11-5-6-13(24-2)18-8-11/h5-6,8,10H,3-4,7,9H2,1-2H3,(H,22,23)(H2,17,19,20,21). The molecule has 0 amide bonds. The number of aromatic nitrogens is 3. The number of carboxylic acids is 1. The van der Waals surface area contributed by atoms with Gasteiger partial charge in [-0.1, -0.05) is 19.4 Å². The number of methoxy groups -OCH3 is 1. The summed E-state index contributed by atoms with van der Waals surface area (Å²) < 4.78 is 5.01. The molecule has 24 heavy (non-hydrogen) atoms. The Labute approximate surface area is 140 Å². The van der Waals surface area contributed by atoms with Crippen LogP contribution in [0.15, 0.2) is 24.5 Å². The highest BCUT2D eigenvalue weighted by Crippen LogP contribution is 2.16. The molecule has 2 aromatic heterocycles. The Bertz CT molecular complexity index is 676. The van der Waals surface area contributed by atoms with Crippen molar-refractivity contribution in [3.05, 3.63) is 35.7 Å². The molecule has 0 saturated carbocycles. The van der Waals surface area contributed by atoms with E-state index < -0.39 is 5.97 Å². The van der Waals surface area contributed by atoms with Crippen LogP contribution in [0.2, 0.25) is 0 Å². The highest BCUT2D eigenvalue weighted by atomic mass is 16.5. The first-order valence-electron chi connectivity index (χ1n) is 7.71. The van der Waals surface area contributed by atoms with E-state index in [-0.39, 0.29) is 11.4 Å². The van der Waals surface area contributed by atoms with E-state index in [4.69, 9.17) is 4.74 Å². The molecule has 0 bridgehead atoms. The van der Waals surface area contributed by atoms with Crippen molar-refractivity contribution in [2.45, 2.75) is 26.3 Å². The second-order valence-electron chi connectivity index (χ2n) is 5.10. The Balaban J connectivity index is 2.09. The summed E-state index contributed by atoms with van der Waals surface area (Å²) in [7, 11) is 1.55. The Morgan fingerprint density at radius 3 is 2.71 bits per heavy atom. The predicted molar refractivity (Wildman–Crippen MR) is 90.5 cm³/mol. The van der Waals surface area contributed by atoms with Gasteiger partial charge in [0, 0.05) is 31.5 Å². The van der Waals surface area contributed by atoms with E-state index in [9.17, 15) is 9.90 Å². The van der Waals surface area contributed by atoms with Crippen LogP contribution in [-0.4, -0.2) is 39.7 Å². The van der Waals surface area contributed by atoms with Crippen LogP contribution in [0, 0.1) is 0 Å². The molecule has 2 rings (SSSR count). The molecule has 0 aromatic carbocycles. The summed E-state index contributed by atoms with van der Waals surface area (Å²) in [5.74, 6) is 0.121. The molecule has 0 saturated heterocycles. The topological polar surface area (TPSA) is 109 Å². The lowest BCUT2D eigenvalue weighted by Crippen LogP contribution is -2.12. The number of ether oxygens (including phenoxy) is 1. The third-order valence-electron chi connectivity index (χ3n) is 3.30. The summed E-state index contributed by atoms with van der Waals surface area (Å²) in [5, 5.41) is 15.4. The Hall–Kier alpha value is -2.90. The van der Waals surface area contributed by atoms with E-state index >= 15 is 0 Å². The van der Waals surface area contributed by atoms with Gasteiger partial charge in [-0.25, -0.2) is 14.8 Å². The molecule has 0 aliphatic carbocycles. The first kappa shape index (κ1) is 17.5. The molecular formula is C16H21N5O3. The Morgan fingerprint density at radius 1 is 1.25 bits per heavy atom. The van der Waals surface area contributed by atoms with Gasteiger partial charge >= 0.3 is 5.97 Å². The van der Waals surface area contributed by atoms with Crippen molar-refractivity contribution >= 4 is 17.7 Å². The number of rotatable bonds is 9. The maximum Gasteiger partial charge on any atom is 0.341 e. The molecule has 8 nitrogen and oxygen atoms in total. The number of hydrogen-bond donors (Lipinski definition) is 3. The van der Waals surface area contributed by atoms with Crippen LogP contribution in [-0.2, 0) is 6.54 Å². The molecule has 128 valence electrons. The minimum Gasteiger partial charge on any atom is -0.481 e. The van der Waals surface area contributed by atoms with Crippen molar-refractivity contribution in [1.29, 1.82) is 0 Å². The predicted octanol–water partition coefficient (Wildman–Crippen LogP) is 2.40. The number of unbranched alkanes of at least 4 members (excludes halogenated alkanes) is 1. The summed E-state index contributed by atoms with van der Waals surface area (Å²) in [5.41, 5.74) is 0.906. The molecule has 3 N–H and O–H groups in total. The molecule has 8 heteroatoms. The van der Waals surface area contributed by atoms with Gasteiger partial charge in [-0.3, -0.25) is 0 Å². The van der Waals surface area contributed by atoms with E-state index in [1.165, 1.54) is 6.20 Å². The van der Waals surface area contributed by atoms with Gasteiger partial charge in [-0.2, -0.15) is 4.98 Å². The molecule has 2 heterocycles. The summed E-state index contributed by atoms with van der Waals surface area (Å²) in [6.45, 7) is 3.22. The number of carbonyl (C=O) groups is 1. The molecule has 0 atom stereocenters. The first-order chi connectivity index (χ1) is 11.6. The van der Waals surface area contributed by atoms with Gasteiger partial charge in [0.15, 0.2) is 0 Å².